The van der Waals surface area contributed by atoms with Crippen molar-refractivity contribution in [3.8, 4) is 0 Å². The smallest absolute Gasteiger partial charge is 0.0644 e. The van der Waals surface area contributed by atoms with Gasteiger partial charge in [0.25, 0.3) is 0 Å². The van der Waals surface area contributed by atoms with E-state index in [1.807, 2.05) is 0 Å². The molecule has 19 heavy (non-hydrogen) atoms. The van der Waals surface area contributed by atoms with Gasteiger partial charge in [-0.15, -0.1) is 0 Å². The van der Waals surface area contributed by atoms with Gasteiger partial charge in [0.1, 0.15) is 0 Å². The van der Waals surface area contributed by atoms with Gasteiger partial charge in [-0.05, 0) is 46.0 Å². The minimum absolute atomic E-state index is 0.391. The van der Waals surface area contributed by atoms with Crippen LogP contribution in [0.1, 0.15) is 70.0 Å². The molecule has 1 saturated carbocycles. The first-order valence-electron chi connectivity index (χ1n) is 7.66. The normalized spacial score (nSPS) is 23.8. The first kappa shape index (κ1) is 14.6. The highest BCUT2D eigenvalue weighted by Gasteiger charge is 2.35. The third-order valence-corrected chi connectivity index (χ3v) is 4.88. The Morgan fingerprint density at radius 3 is 2.58 bits per heavy atom. The third-order valence-electron chi connectivity index (χ3n) is 4.88. The molecule has 1 N–H and O–H groups in total. The molecule has 3 nitrogen and oxygen atoms in total. The van der Waals surface area contributed by atoms with E-state index in [0.717, 1.165) is 6.54 Å². The number of hydrogen-bond acceptors (Lipinski definition) is 2. The molecular weight excluding hydrogens is 234 g/mol. The lowest BCUT2D eigenvalue weighted by molar-refractivity contribution is 0.266. The van der Waals surface area contributed by atoms with E-state index in [1.165, 1.54) is 36.2 Å². The minimum atomic E-state index is 0.391. The van der Waals surface area contributed by atoms with Gasteiger partial charge < -0.3 is 5.32 Å². The van der Waals surface area contributed by atoms with Gasteiger partial charge in [0.15, 0.2) is 0 Å². The van der Waals surface area contributed by atoms with Crippen molar-refractivity contribution in [1.82, 2.24) is 15.1 Å². The molecule has 0 amide bonds. The highest BCUT2D eigenvalue weighted by Crippen LogP contribution is 2.38. The molecule has 0 radical (unpaired) electrons. The number of aromatic nitrogens is 2. The molecule has 1 aliphatic rings. The maximum atomic E-state index is 4.64. The summed E-state index contributed by atoms with van der Waals surface area (Å²) in [6, 6.07) is 1.02. The molecule has 0 saturated heterocycles. The minimum Gasteiger partial charge on any atom is -0.307 e. The fourth-order valence-corrected chi connectivity index (χ4v) is 3.67. The lowest BCUT2D eigenvalue weighted by Crippen LogP contribution is -2.39. The molecular formula is C16H29N3. The van der Waals surface area contributed by atoms with Crippen molar-refractivity contribution in [2.24, 2.45) is 5.41 Å². The summed E-state index contributed by atoms with van der Waals surface area (Å²) in [4.78, 5) is 0. The van der Waals surface area contributed by atoms with Crippen LogP contribution in [-0.2, 0) is 6.54 Å². The fraction of sp³-hybridized carbons (Fsp3) is 0.812. The molecule has 2 atom stereocenters. The van der Waals surface area contributed by atoms with E-state index in [0.29, 0.717) is 17.5 Å². The average Bonchev–Trinajstić information content (AvgIpc) is 2.79. The Kier molecular flexibility index (Phi) is 4.05. The first-order valence-corrected chi connectivity index (χ1v) is 7.66. The molecule has 1 aromatic rings. The van der Waals surface area contributed by atoms with Crippen molar-refractivity contribution in [3.05, 3.63) is 17.0 Å². The molecule has 3 heteroatoms. The Hall–Kier alpha value is -0.830. The van der Waals surface area contributed by atoms with Crippen molar-refractivity contribution in [3.63, 3.8) is 0 Å². The quantitative estimate of drug-likeness (QED) is 0.896. The van der Waals surface area contributed by atoms with Crippen LogP contribution in [0.15, 0.2) is 0 Å². The largest absolute Gasteiger partial charge is 0.307 e. The van der Waals surface area contributed by atoms with Gasteiger partial charge in [0, 0.05) is 29.9 Å². The van der Waals surface area contributed by atoms with E-state index in [-0.39, 0.29) is 0 Å². The second-order valence-corrected chi connectivity index (χ2v) is 6.72. The lowest BCUT2D eigenvalue weighted by atomic mass is 9.86. The zero-order valence-corrected chi connectivity index (χ0v) is 13.4. The zero-order valence-electron chi connectivity index (χ0n) is 13.4. The van der Waals surface area contributed by atoms with Crippen molar-refractivity contribution in [2.45, 2.75) is 79.4 Å². The molecule has 0 aromatic carbocycles. The molecule has 1 fully saturated rings. The Balaban J connectivity index is 2.16. The van der Waals surface area contributed by atoms with E-state index in [9.17, 15) is 0 Å². The topological polar surface area (TPSA) is 29.9 Å². The lowest BCUT2D eigenvalue weighted by Gasteiger charge is -2.31. The first-order chi connectivity index (χ1) is 8.86. The van der Waals surface area contributed by atoms with Crippen molar-refractivity contribution in [1.29, 1.82) is 0 Å². The van der Waals surface area contributed by atoms with E-state index < -0.39 is 0 Å². The summed E-state index contributed by atoms with van der Waals surface area (Å²) in [5.41, 5.74) is 4.31. The number of nitrogens with one attached hydrogen (secondary N) is 1. The van der Waals surface area contributed by atoms with Gasteiger partial charge >= 0.3 is 0 Å². The highest BCUT2D eigenvalue weighted by atomic mass is 15.3. The van der Waals surface area contributed by atoms with Crippen molar-refractivity contribution in [2.75, 3.05) is 0 Å². The van der Waals surface area contributed by atoms with Crippen LogP contribution >= 0.6 is 0 Å². The van der Waals surface area contributed by atoms with E-state index in [4.69, 9.17) is 0 Å². The summed E-state index contributed by atoms with van der Waals surface area (Å²) in [6.07, 6.45) is 3.99. The summed E-state index contributed by atoms with van der Waals surface area (Å²) in [5, 5.41) is 8.49. The standard InChI is InChI=1S/C16H29N3/c1-7-19-13(4)15(12(3)18-19)11(2)17-14-9-8-10-16(14,5)6/h11,14,17H,7-10H2,1-6H3. The van der Waals surface area contributed by atoms with Gasteiger partial charge in [-0.25, -0.2) is 0 Å². The van der Waals surface area contributed by atoms with Crippen LogP contribution in [0.3, 0.4) is 0 Å². The molecule has 1 heterocycles. The number of aryl methyl sites for hydroxylation is 2. The maximum absolute atomic E-state index is 4.64. The van der Waals surface area contributed by atoms with Gasteiger partial charge in [0.2, 0.25) is 0 Å². The summed E-state index contributed by atoms with van der Waals surface area (Å²) in [6.45, 7) is 14.5. The number of nitrogens with zero attached hydrogens (tertiary/aromatic N) is 2. The van der Waals surface area contributed by atoms with Crippen molar-refractivity contribution < 1.29 is 0 Å². The SMILES string of the molecule is CCn1nc(C)c(C(C)NC2CCCC2(C)C)c1C. The molecule has 0 spiro atoms. The Morgan fingerprint density at radius 2 is 2.11 bits per heavy atom. The van der Waals surface area contributed by atoms with Gasteiger partial charge in [-0.2, -0.15) is 5.10 Å². The predicted octanol–water partition coefficient (Wildman–Crippen LogP) is 3.75. The fourth-order valence-electron chi connectivity index (χ4n) is 3.67. The Morgan fingerprint density at radius 1 is 1.42 bits per heavy atom. The molecule has 2 unspecified atom stereocenters. The predicted molar refractivity (Wildman–Crippen MR) is 80.3 cm³/mol. The Labute approximate surface area is 117 Å². The summed E-state index contributed by atoms with van der Waals surface area (Å²) < 4.78 is 2.11. The molecule has 1 aliphatic carbocycles. The van der Waals surface area contributed by atoms with Crippen LogP contribution < -0.4 is 5.32 Å². The van der Waals surface area contributed by atoms with Crippen molar-refractivity contribution >= 4 is 0 Å². The van der Waals surface area contributed by atoms with Gasteiger partial charge in [-0.1, -0.05) is 20.3 Å². The van der Waals surface area contributed by atoms with Crippen LogP contribution in [0.5, 0.6) is 0 Å². The molecule has 1 aromatic heterocycles. The summed E-state index contributed by atoms with van der Waals surface area (Å²) in [7, 11) is 0. The number of rotatable bonds is 4. The number of hydrogen-bond donors (Lipinski definition) is 1. The Bertz CT molecular complexity index is 445. The van der Waals surface area contributed by atoms with Gasteiger partial charge in [-0.3, -0.25) is 4.68 Å². The zero-order chi connectivity index (χ0) is 14.2. The van der Waals surface area contributed by atoms with Crippen LogP contribution in [0.2, 0.25) is 0 Å². The van der Waals surface area contributed by atoms with Gasteiger partial charge in [0.05, 0.1) is 5.69 Å². The average molecular weight is 263 g/mol. The van der Waals surface area contributed by atoms with E-state index in [1.54, 1.807) is 0 Å². The monoisotopic (exact) mass is 263 g/mol. The van der Waals surface area contributed by atoms with Crippen LogP contribution in [0.4, 0.5) is 0 Å². The van der Waals surface area contributed by atoms with E-state index >= 15 is 0 Å². The third kappa shape index (κ3) is 2.71. The summed E-state index contributed by atoms with van der Waals surface area (Å²) in [5.74, 6) is 0. The second kappa shape index (κ2) is 5.28. The second-order valence-electron chi connectivity index (χ2n) is 6.72. The van der Waals surface area contributed by atoms with Crippen LogP contribution in [0.25, 0.3) is 0 Å². The summed E-state index contributed by atoms with van der Waals surface area (Å²) >= 11 is 0. The van der Waals surface area contributed by atoms with Crippen LogP contribution in [0, 0.1) is 19.3 Å². The van der Waals surface area contributed by atoms with E-state index in [2.05, 4.69) is 56.6 Å². The molecule has 108 valence electrons. The van der Waals surface area contributed by atoms with Crippen LogP contribution in [-0.4, -0.2) is 15.8 Å². The molecule has 0 aliphatic heterocycles. The molecule has 0 bridgehead atoms. The maximum Gasteiger partial charge on any atom is 0.0644 e. The molecule has 2 rings (SSSR count). The highest BCUT2D eigenvalue weighted by molar-refractivity contribution is 5.28.